The van der Waals surface area contributed by atoms with Gasteiger partial charge in [0.15, 0.2) is 5.82 Å². The van der Waals surface area contributed by atoms with Crippen LogP contribution in [0.25, 0.3) is 0 Å². The molecule has 148 valence electrons. The molecular weight excluding hydrogens is 354 g/mol. The van der Waals surface area contributed by atoms with Gasteiger partial charge in [0, 0.05) is 25.2 Å². The molecule has 2 aliphatic rings. The number of carbonyl (C=O) groups excluding carboxylic acids is 2. The number of aromatic nitrogens is 3. The summed E-state index contributed by atoms with van der Waals surface area (Å²) in [5.41, 5.74) is 2.75. The highest BCUT2D eigenvalue weighted by Crippen LogP contribution is 2.32. The molecule has 0 aliphatic carbocycles. The Morgan fingerprint density at radius 3 is 2.57 bits per heavy atom. The summed E-state index contributed by atoms with van der Waals surface area (Å²) in [5, 5.41) is 11.5. The quantitative estimate of drug-likeness (QED) is 0.811. The number of fused-ring (bicyclic) bond motifs is 1. The molecule has 1 saturated heterocycles. The van der Waals surface area contributed by atoms with Gasteiger partial charge in [0.2, 0.25) is 0 Å². The fraction of sp³-hybridized carbons (Fsp3) is 0.524. The zero-order chi connectivity index (χ0) is 19.7. The normalized spacial score (nSPS) is 19.2. The van der Waals surface area contributed by atoms with Crippen molar-refractivity contribution in [3.63, 3.8) is 0 Å². The van der Waals surface area contributed by atoms with Crippen LogP contribution in [-0.2, 0) is 22.6 Å². The molecule has 4 rings (SSSR count). The standard InChI is InChI=1S/C21H27N5O2/c1-14-11-15(2)13-16(12-14)22-20(27)21(28)25-10-6-7-17(25)19-24-23-18-8-4-3-5-9-26(18)19/h11-13,17H,3-10H2,1-2H3,(H,22,27)/t17-/m0/s1. The molecule has 1 atom stereocenters. The minimum Gasteiger partial charge on any atom is -0.324 e. The van der Waals surface area contributed by atoms with E-state index in [1.54, 1.807) is 4.90 Å². The lowest BCUT2D eigenvalue weighted by Gasteiger charge is -2.24. The van der Waals surface area contributed by atoms with Gasteiger partial charge in [0.1, 0.15) is 5.82 Å². The van der Waals surface area contributed by atoms with Crippen LogP contribution >= 0.6 is 0 Å². The minimum absolute atomic E-state index is 0.170. The first-order chi connectivity index (χ1) is 13.5. The van der Waals surface area contributed by atoms with Crippen LogP contribution in [0.2, 0.25) is 0 Å². The van der Waals surface area contributed by atoms with Crippen LogP contribution in [0.5, 0.6) is 0 Å². The average Bonchev–Trinajstić information content (AvgIpc) is 3.21. The lowest BCUT2D eigenvalue weighted by Crippen LogP contribution is -2.40. The Bertz CT molecular complexity index is 884. The molecule has 2 aliphatic heterocycles. The Balaban J connectivity index is 1.52. The number of rotatable bonds is 2. The Morgan fingerprint density at radius 2 is 1.79 bits per heavy atom. The maximum absolute atomic E-state index is 12.9. The van der Waals surface area contributed by atoms with Crippen LogP contribution in [0.15, 0.2) is 18.2 Å². The number of nitrogens with one attached hydrogen (secondary N) is 1. The number of benzene rings is 1. The molecular formula is C21H27N5O2. The van der Waals surface area contributed by atoms with E-state index < -0.39 is 11.8 Å². The molecule has 0 radical (unpaired) electrons. The van der Waals surface area contributed by atoms with E-state index >= 15 is 0 Å². The van der Waals surface area contributed by atoms with E-state index in [0.717, 1.165) is 61.4 Å². The molecule has 2 aromatic rings. The number of nitrogens with zero attached hydrogens (tertiary/aromatic N) is 4. The van der Waals surface area contributed by atoms with E-state index in [-0.39, 0.29) is 6.04 Å². The summed E-state index contributed by atoms with van der Waals surface area (Å²) in [4.78, 5) is 27.2. The fourth-order valence-electron chi connectivity index (χ4n) is 4.39. The van der Waals surface area contributed by atoms with E-state index in [1.165, 1.54) is 6.42 Å². The summed E-state index contributed by atoms with van der Waals surface area (Å²) in [5.74, 6) is 0.758. The zero-order valence-corrected chi connectivity index (χ0v) is 16.6. The SMILES string of the molecule is Cc1cc(C)cc(NC(=O)C(=O)N2CCC[C@H]2c2nnc3n2CCCCC3)c1. The predicted molar refractivity (Wildman–Crippen MR) is 106 cm³/mol. The second-order valence-corrected chi connectivity index (χ2v) is 7.92. The van der Waals surface area contributed by atoms with E-state index in [1.807, 2.05) is 32.0 Å². The van der Waals surface area contributed by atoms with Crippen molar-refractivity contribution in [2.24, 2.45) is 0 Å². The van der Waals surface area contributed by atoms with Gasteiger partial charge in [-0.3, -0.25) is 9.59 Å². The van der Waals surface area contributed by atoms with Crippen molar-refractivity contribution in [2.75, 3.05) is 11.9 Å². The van der Waals surface area contributed by atoms with Crippen molar-refractivity contribution in [3.8, 4) is 0 Å². The summed E-state index contributed by atoms with van der Waals surface area (Å²) in [6.07, 6.45) is 6.04. The summed E-state index contributed by atoms with van der Waals surface area (Å²) in [6.45, 7) is 5.41. The Hall–Kier alpha value is -2.70. The average molecular weight is 381 g/mol. The third-order valence-corrected chi connectivity index (χ3v) is 5.62. The van der Waals surface area contributed by atoms with E-state index in [2.05, 4.69) is 20.1 Å². The lowest BCUT2D eigenvalue weighted by molar-refractivity contribution is -0.143. The van der Waals surface area contributed by atoms with Gasteiger partial charge in [-0.25, -0.2) is 0 Å². The maximum atomic E-state index is 12.9. The molecule has 1 aromatic heterocycles. The Kier molecular flexibility index (Phi) is 5.15. The van der Waals surface area contributed by atoms with Gasteiger partial charge in [-0.05, 0) is 62.8 Å². The number of aryl methyl sites for hydroxylation is 3. The molecule has 7 nitrogen and oxygen atoms in total. The maximum Gasteiger partial charge on any atom is 0.313 e. The van der Waals surface area contributed by atoms with Crippen molar-refractivity contribution in [2.45, 2.75) is 65.0 Å². The van der Waals surface area contributed by atoms with Gasteiger partial charge in [0.25, 0.3) is 0 Å². The number of anilines is 1. The molecule has 3 heterocycles. The second kappa shape index (κ2) is 7.73. The first kappa shape index (κ1) is 18.7. The molecule has 0 bridgehead atoms. The summed E-state index contributed by atoms with van der Waals surface area (Å²) >= 11 is 0. The number of carbonyl (C=O) groups is 2. The Morgan fingerprint density at radius 1 is 1.00 bits per heavy atom. The third kappa shape index (κ3) is 3.66. The third-order valence-electron chi connectivity index (χ3n) is 5.62. The lowest BCUT2D eigenvalue weighted by atomic mass is 10.1. The molecule has 2 amide bonds. The number of hydrogen-bond acceptors (Lipinski definition) is 4. The van der Waals surface area contributed by atoms with Crippen molar-refractivity contribution in [1.82, 2.24) is 19.7 Å². The molecule has 28 heavy (non-hydrogen) atoms. The van der Waals surface area contributed by atoms with Crippen LogP contribution < -0.4 is 5.32 Å². The first-order valence-corrected chi connectivity index (χ1v) is 10.1. The highest BCUT2D eigenvalue weighted by Gasteiger charge is 2.37. The summed E-state index contributed by atoms with van der Waals surface area (Å²) in [6, 6.07) is 5.61. The highest BCUT2D eigenvalue weighted by molar-refractivity contribution is 6.39. The van der Waals surface area contributed by atoms with Crippen molar-refractivity contribution in [3.05, 3.63) is 41.0 Å². The first-order valence-electron chi connectivity index (χ1n) is 10.1. The Labute approximate surface area is 165 Å². The van der Waals surface area contributed by atoms with Gasteiger partial charge < -0.3 is 14.8 Å². The van der Waals surface area contributed by atoms with E-state index in [9.17, 15) is 9.59 Å². The van der Waals surface area contributed by atoms with Crippen LogP contribution in [0.3, 0.4) is 0 Å². The molecule has 0 saturated carbocycles. The molecule has 0 spiro atoms. The van der Waals surface area contributed by atoms with Crippen LogP contribution in [-0.4, -0.2) is 38.0 Å². The summed E-state index contributed by atoms with van der Waals surface area (Å²) < 4.78 is 2.17. The monoisotopic (exact) mass is 381 g/mol. The summed E-state index contributed by atoms with van der Waals surface area (Å²) in [7, 11) is 0. The number of amides is 2. The van der Waals surface area contributed by atoms with Crippen molar-refractivity contribution in [1.29, 1.82) is 0 Å². The van der Waals surface area contributed by atoms with Crippen LogP contribution in [0.4, 0.5) is 5.69 Å². The zero-order valence-electron chi connectivity index (χ0n) is 16.6. The second-order valence-electron chi connectivity index (χ2n) is 7.92. The van der Waals surface area contributed by atoms with E-state index in [4.69, 9.17) is 0 Å². The van der Waals surface area contributed by atoms with Crippen molar-refractivity contribution >= 4 is 17.5 Å². The van der Waals surface area contributed by atoms with Crippen LogP contribution in [0.1, 0.15) is 60.9 Å². The number of likely N-dealkylation sites (tertiary alicyclic amines) is 1. The van der Waals surface area contributed by atoms with Crippen LogP contribution in [0, 0.1) is 13.8 Å². The minimum atomic E-state index is -0.590. The molecule has 0 unspecified atom stereocenters. The highest BCUT2D eigenvalue weighted by atomic mass is 16.2. The molecule has 7 heteroatoms. The molecule has 1 N–H and O–H groups in total. The van der Waals surface area contributed by atoms with Gasteiger partial charge in [-0.1, -0.05) is 12.5 Å². The van der Waals surface area contributed by atoms with Gasteiger partial charge >= 0.3 is 11.8 Å². The number of hydrogen-bond donors (Lipinski definition) is 1. The van der Waals surface area contributed by atoms with Crippen molar-refractivity contribution < 1.29 is 9.59 Å². The topological polar surface area (TPSA) is 80.1 Å². The predicted octanol–water partition coefficient (Wildman–Crippen LogP) is 2.92. The molecule has 1 aromatic carbocycles. The van der Waals surface area contributed by atoms with E-state index in [0.29, 0.717) is 12.2 Å². The van der Waals surface area contributed by atoms with Gasteiger partial charge in [-0.15, -0.1) is 10.2 Å². The molecule has 1 fully saturated rings. The largest absolute Gasteiger partial charge is 0.324 e. The smallest absolute Gasteiger partial charge is 0.313 e. The van der Waals surface area contributed by atoms with Gasteiger partial charge in [0.05, 0.1) is 6.04 Å². The van der Waals surface area contributed by atoms with Gasteiger partial charge in [-0.2, -0.15) is 0 Å². The fourth-order valence-corrected chi connectivity index (χ4v) is 4.39.